The van der Waals surface area contributed by atoms with Gasteiger partial charge in [0.15, 0.2) is 5.78 Å². The number of carboxylic acid groups (broad SMARTS) is 1. The lowest BCUT2D eigenvalue weighted by Gasteiger charge is -2.50. The van der Waals surface area contributed by atoms with Crippen molar-refractivity contribution >= 4 is 46.5 Å². The first-order chi connectivity index (χ1) is 18.8. The second-order valence-corrected chi connectivity index (χ2v) is 11.8. The summed E-state index contributed by atoms with van der Waals surface area (Å²) in [7, 11) is 0. The molecule has 39 heavy (non-hydrogen) atoms. The van der Waals surface area contributed by atoms with Gasteiger partial charge in [0.2, 0.25) is 0 Å². The number of hydrogen-bond acceptors (Lipinski definition) is 5. The summed E-state index contributed by atoms with van der Waals surface area (Å²) in [6.45, 7) is 0. The van der Waals surface area contributed by atoms with Crippen LogP contribution in [0, 0.1) is 11.3 Å². The maximum Gasteiger partial charge on any atom is 0.326 e. The SMILES string of the molecule is O=C(Nc1ccc(C[C@H](NC2=C(C3CCCCC3)C(=O)C23CCCCC3)C(=O)O)cc1)c1c(Cl)cncc1Cl. The molecule has 1 aromatic carbocycles. The zero-order chi connectivity index (χ0) is 27.6. The van der Waals surface area contributed by atoms with Crippen molar-refractivity contribution in [2.75, 3.05) is 5.32 Å². The van der Waals surface area contributed by atoms with Crippen molar-refractivity contribution in [1.82, 2.24) is 10.3 Å². The number of ketones is 1. The zero-order valence-corrected chi connectivity index (χ0v) is 23.3. The second kappa shape index (κ2) is 11.7. The molecule has 0 radical (unpaired) electrons. The molecule has 3 aliphatic rings. The van der Waals surface area contributed by atoms with E-state index in [9.17, 15) is 19.5 Å². The van der Waals surface area contributed by atoms with Crippen molar-refractivity contribution in [2.24, 2.45) is 11.3 Å². The molecule has 2 aromatic rings. The first kappa shape index (κ1) is 27.7. The number of carboxylic acids is 1. The molecule has 5 rings (SSSR count). The van der Waals surface area contributed by atoms with Gasteiger partial charge in [-0.1, -0.05) is 73.9 Å². The molecule has 1 atom stereocenters. The van der Waals surface area contributed by atoms with E-state index in [0.29, 0.717) is 5.69 Å². The molecule has 0 aliphatic heterocycles. The average Bonchev–Trinajstić information content (AvgIpc) is 2.94. The lowest BCUT2D eigenvalue weighted by atomic mass is 9.55. The van der Waals surface area contributed by atoms with Crippen molar-refractivity contribution in [2.45, 2.75) is 76.7 Å². The van der Waals surface area contributed by atoms with E-state index >= 15 is 0 Å². The molecular formula is C30H33Cl2N3O4. The summed E-state index contributed by atoms with van der Waals surface area (Å²) in [5.41, 5.74) is 2.72. The summed E-state index contributed by atoms with van der Waals surface area (Å²) in [4.78, 5) is 42.5. The minimum Gasteiger partial charge on any atom is -0.480 e. The number of anilines is 1. The molecular weight excluding hydrogens is 537 g/mol. The third-order valence-electron chi connectivity index (χ3n) is 8.50. The largest absolute Gasteiger partial charge is 0.480 e. The van der Waals surface area contributed by atoms with Crippen molar-refractivity contribution in [1.29, 1.82) is 0 Å². The highest BCUT2D eigenvalue weighted by atomic mass is 35.5. The van der Waals surface area contributed by atoms with Crippen molar-refractivity contribution in [3.05, 3.63) is 69.1 Å². The molecule has 3 N–H and O–H groups in total. The molecule has 2 saturated carbocycles. The van der Waals surface area contributed by atoms with Crippen molar-refractivity contribution in [3.63, 3.8) is 0 Å². The Morgan fingerprint density at radius 2 is 1.59 bits per heavy atom. The van der Waals surface area contributed by atoms with E-state index < -0.39 is 23.3 Å². The van der Waals surface area contributed by atoms with Crippen LogP contribution in [0.4, 0.5) is 5.69 Å². The molecule has 0 unspecified atom stereocenters. The van der Waals surface area contributed by atoms with E-state index in [0.717, 1.165) is 74.6 Å². The third kappa shape index (κ3) is 5.57. The third-order valence-corrected chi connectivity index (χ3v) is 9.07. The summed E-state index contributed by atoms with van der Waals surface area (Å²) in [5, 5.41) is 16.6. The van der Waals surface area contributed by atoms with E-state index in [1.54, 1.807) is 24.3 Å². The van der Waals surface area contributed by atoms with Crippen LogP contribution in [0.25, 0.3) is 0 Å². The number of halogens is 2. The molecule has 7 nitrogen and oxygen atoms in total. The fraction of sp³-hybridized carbons (Fsp3) is 0.467. The van der Waals surface area contributed by atoms with Crippen LogP contribution in [0.3, 0.4) is 0 Å². The maximum atomic E-state index is 13.5. The number of benzene rings is 1. The monoisotopic (exact) mass is 569 g/mol. The van der Waals surface area contributed by atoms with Gasteiger partial charge in [-0.2, -0.15) is 0 Å². The lowest BCUT2D eigenvalue weighted by Crippen LogP contribution is -2.55. The van der Waals surface area contributed by atoms with Gasteiger partial charge < -0.3 is 15.7 Å². The summed E-state index contributed by atoms with van der Waals surface area (Å²) in [6.07, 6.45) is 13.1. The summed E-state index contributed by atoms with van der Waals surface area (Å²) in [6, 6.07) is 6.17. The quantitative estimate of drug-likeness (QED) is 0.330. The molecule has 206 valence electrons. The molecule has 1 aromatic heterocycles. The number of carbonyl (C=O) groups is 3. The van der Waals surface area contributed by atoms with Crippen LogP contribution < -0.4 is 10.6 Å². The van der Waals surface area contributed by atoms with Gasteiger partial charge in [-0.3, -0.25) is 14.6 Å². The first-order valence-corrected chi connectivity index (χ1v) is 14.5. The molecule has 1 spiro atoms. The summed E-state index contributed by atoms with van der Waals surface area (Å²) in [5.74, 6) is -0.911. The van der Waals surface area contributed by atoms with Gasteiger partial charge in [-0.15, -0.1) is 0 Å². The molecule has 1 heterocycles. The van der Waals surface area contributed by atoms with E-state index in [2.05, 4.69) is 15.6 Å². The van der Waals surface area contributed by atoms with E-state index in [1.807, 2.05) is 0 Å². The van der Waals surface area contributed by atoms with Crippen LogP contribution in [0.2, 0.25) is 10.0 Å². The highest BCUT2D eigenvalue weighted by molar-refractivity contribution is 6.40. The number of aromatic nitrogens is 1. The lowest BCUT2D eigenvalue weighted by molar-refractivity contribution is -0.140. The fourth-order valence-corrected chi connectivity index (χ4v) is 7.00. The number of nitrogens with zero attached hydrogens (tertiary/aromatic N) is 1. The Bertz CT molecular complexity index is 1280. The molecule has 1 amide bonds. The minimum absolute atomic E-state index is 0.140. The number of pyridine rings is 1. The molecule has 2 fully saturated rings. The van der Waals surface area contributed by atoms with Gasteiger partial charge in [0.25, 0.3) is 5.91 Å². The van der Waals surface area contributed by atoms with Crippen LogP contribution in [0.5, 0.6) is 0 Å². The molecule has 9 heteroatoms. The average molecular weight is 571 g/mol. The molecule has 0 saturated heterocycles. The molecule has 0 bridgehead atoms. The first-order valence-electron chi connectivity index (χ1n) is 13.8. The number of amides is 1. The van der Waals surface area contributed by atoms with Crippen molar-refractivity contribution in [3.8, 4) is 0 Å². The van der Waals surface area contributed by atoms with E-state index in [-0.39, 0.29) is 33.7 Å². The second-order valence-electron chi connectivity index (χ2n) is 11.0. The smallest absolute Gasteiger partial charge is 0.326 e. The summed E-state index contributed by atoms with van der Waals surface area (Å²) < 4.78 is 0. The zero-order valence-electron chi connectivity index (χ0n) is 21.8. The number of hydrogen-bond donors (Lipinski definition) is 3. The van der Waals surface area contributed by atoms with Crippen LogP contribution in [0.1, 0.15) is 80.1 Å². The van der Waals surface area contributed by atoms with Gasteiger partial charge >= 0.3 is 5.97 Å². The van der Waals surface area contributed by atoms with E-state index in [1.165, 1.54) is 18.8 Å². The number of carbonyl (C=O) groups excluding carboxylic acids is 2. The van der Waals surface area contributed by atoms with E-state index in [4.69, 9.17) is 23.2 Å². The number of allylic oxidation sites excluding steroid dienone is 2. The summed E-state index contributed by atoms with van der Waals surface area (Å²) >= 11 is 12.2. The Kier molecular flexibility index (Phi) is 8.29. The van der Waals surface area contributed by atoms with Crippen LogP contribution in [-0.2, 0) is 16.0 Å². The Morgan fingerprint density at radius 1 is 0.974 bits per heavy atom. The van der Waals surface area contributed by atoms with Crippen LogP contribution >= 0.6 is 23.2 Å². The Balaban J connectivity index is 1.32. The Hall–Kier alpha value is -2.90. The number of rotatable bonds is 8. The van der Waals surface area contributed by atoms with Gasteiger partial charge in [0.05, 0.1) is 21.0 Å². The number of Topliss-reactive ketones (excluding diaryl/α,β-unsaturated/α-hetero) is 1. The van der Waals surface area contributed by atoms with Gasteiger partial charge in [-0.25, -0.2) is 4.79 Å². The topological polar surface area (TPSA) is 108 Å². The molecule has 3 aliphatic carbocycles. The Labute approximate surface area is 238 Å². The predicted molar refractivity (Wildman–Crippen MR) is 151 cm³/mol. The highest BCUT2D eigenvalue weighted by Gasteiger charge is 2.55. The van der Waals surface area contributed by atoms with Gasteiger partial charge in [-0.05, 0) is 49.3 Å². The van der Waals surface area contributed by atoms with Crippen LogP contribution in [-0.4, -0.2) is 33.8 Å². The van der Waals surface area contributed by atoms with Gasteiger partial charge in [0, 0.05) is 35.8 Å². The predicted octanol–water partition coefficient (Wildman–Crippen LogP) is 6.59. The Morgan fingerprint density at radius 3 is 2.21 bits per heavy atom. The van der Waals surface area contributed by atoms with Crippen molar-refractivity contribution < 1.29 is 19.5 Å². The number of nitrogens with one attached hydrogen (secondary N) is 2. The number of aliphatic carboxylic acids is 1. The highest BCUT2D eigenvalue weighted by Crippen LogP contribution is 2.55. The fourth-order valence-electron chi connectivity index (χ4n) is 6.47. The van der Waals surface area contributed by atoms with Crippen LogP contribution in [0.15, 0.2) is 47.9 Å². The van der Waals surface area contributed by atoms with Gasteiger partial charge in [0.1, 0.15) is 6.04 Å². The maximum absolute atomic E-state index is 13.5. The minimum atomic E-state index is -0.949. The standard InChI is InChI=1S/C30H33Cl2N3O4/c31-21-16-33-17-22(32)25(21)28(37)34-20-11-9-18(10-12-20)15-23(29(38)39)35-26-24(19-7-3-1-4-8-19)27(36)30(26)13-5-2-6-14-30/h9-12,16-17,19,23,35H,1-8,13-15H2,(H,34,37)(H,38,39)/t23-/m0/s1. The normalized spacial score (nSPS) is 19.9.